The van der Waals surface area contributed by atoms with Crippen LogP contribution in [0.4, 0.5) is 0 Å². The molecule has 4 heterocycles. The number of pyridine rings is 1. The van der Waals surface area contributed by atoms with E-state index in [1.54, 1.807) is 7.11 Å². The summed E-state index contributed by atoms with van der Waals surface area (Å²) in [6, 6.07) is 3.82. The minimum Gasteiger partial charge on any atom is -0.481 e. The zero-order valence-electron chi connectivity index (χ0n) is 15.2. The van der Waals surface area contributed by atoms with Crippen molar-refractivity contribution in [1.29, 1.82) is 0 Å². The highest BCUT2D eigenvalue weighted by molar-refractivity contribution is 5.92. The monoisotopic (exact) mass is 354 g/mol. The molecule has 0 bridgehead atoms. The van der Waals surface area contributed by atoms with E-state index in [1.807, 2.05) is 30.8 Å². The first-order valence-electron chi connectivity index (χ1n) is 8.74. The molecular weight excluding hydrogens is 332 g/mol. The van der Waals surface area contributed by atoms with Crippen molar-refractivity contribution in [2.75, 3.05) is 20.2 Å². The van der Waals surface area contributed by atoms with Gasteiger partial charge >= 0.3 is 0 Å². The minimum atomic E-state index is 0.157. The number of aryl methyl sites for hydroxylation is 2. The third kappa shape index (κ3) is 2.96. The van der Waals surface area contributed by atoms with Crippen molar-refractivity contribution < 1.29 is 9.47 Å². The lowest BCUT2D eigenvalue weighted by atomic mass is 10.1. The number of nitrogens with one attached hydrogen (secondary N) is 1. The van der Waals surface area contributed by atoms with Gasteiger partial charge in [0.2, 0.25) is 11.8 Å². The summed E-state index contributed by atoms with van der Waals surface area (Å²) in [5.41, 5.74) is 4.15. The van der Waals surface area contributed by atoms with Crippen LogP contribution in [0, 0.1) is 6.92 Å². The molecule has 0 aliphatic carbocycles. The van der Waals surface area contributed by atoms with Gasteiger partial charge in [-0.1, -0.05) is 0 Å². The number of hydrogen-bond donors (Lipinski definition) is 1. The zero-order chi connectivity index (χ0) is 18.1. The van der Waals surface area contributed by atoms with Crippen LogP contribution in [0.15, 0.2) is 18.5 Å². The molecule has 1 N–H and O–H groups in total. The summed E-state index contributed by atoms with van der Waals surface area (Å²) in [6.45, 7) is 3.87. The Hall–Kier alpha value is -2.74. The fourth-order valence-electron chi connectivity index (χ4n) is 3.34. The molecule has 26 heavy (non-hydrogen) atoms. The Morgan fingerprint density at radius 2 is 1.96 bits per heavy atom. The molecule has 0 spiro atoms. The molecule has 136 valence electrons. The predicted octanol–water partition coefficient (Wildman–Crippen LogP) is 1.87. The van der Waals surface area contributed by atoms with Gasteiger partial charge in [-0.05, 0) is 38.9 Å². The molecule has 1 saturated heterocycles. The molecule has 0 radical (unpaired) electrons. The maximum absolute atomic E-state index is 6.14. The Kier molecular flexibility index (Phi) is 4.42. The first-order chi connectivity index (χ1) is 12.7. The smallest absolute Gasteiger partial charge is 0.245 e. The lowest BCUT2D eigenvalue weighted by Crippen LogP contribution is -2.34. The SMILES string of the molecule is COc1ccc(-c2c3ncnc(OC4CCNCC4)c3nn2C)c(C)n1. The average molecular weight is 354 g/mol. The molecule has 1 aliphatic heterocycles. The van der Waals surface area contributed by atoms with Gasteiger partial charge in [-0.15, -0.1) is 0 Å². The molecule has 0 atom stereocenters. The van der Waals surface area contributed by atoms with Crippen LogP contribution < -0.4 is 14.8 Å². The van der Waals surface area contributed by atoms with Crippen LogP contribution >= 0.6 is 0 Å². The van der Waals surface area contributed by atoms with Crippen LogP contribution in [0.3, 0.4) is 0 Å². The Morgan fingerprint density at radius 3 is 2.69 bits per heavy atom. The maximum Gasteiger partial charge on any atom is 0.245 e. The number of nitrogens with zero attached hydrogens (tertiary/aromatic N) is 5. The van der Waals surface area contributed by atoms with Crippen LogP contribution in [-0.2, 0) is 7.05 Å². The molecule has 8 heteroatoms. The second-order valence-electron chi connectivity index (χ2n) is 6.40. The molecule has 3 aromatic rings. The molecule has 0 unspecified atom stereocenters. The third-order valence-electron chi connectivity index (χ3n) is 4.68. The van der Waals surface area contributed by atoms with Gasteiger partial charge in [0, 0.05) is 18.7 Å². The number of fused-ring (bicyclic) bond motifs is 1. The van der Waals surface area contributed by atoms with Crippen molar-refractivity contribution in [2.45, 2.75) is 25.9 Å². The summed E-state index contributed by atoms with van der Waals surface area (Å²) in [6.07, 6.45) is 3.62. The molecule has 3 aromatic heterocycles. The standard InChI is InChI=1S/C18H22N6O2/c1-11-13(4-5-14(22-11)25-3)17-15-16(23-24(17)2)18(21-10-20-15)26-12-6-8-19-9-7-12/h4-5,10,12,19H,6-9H2,1-3H3. The molecule has 0 saturated carbocycles. The fraction of sp³-hybridized carbons (Fsp3) is 0.444. The van der Waals surface area contributed by atoms with Gasteiger partial charge < -0.3 is 14.8 Å². The lowest BCUT2D eigenvalue weighted by Gasteiger charge is -2.23. The number of ether oxygens (including phenoxy) is 2. The van der Waals surface area contributed by atoms with Gasteiger partial charge in [0.05, 0.1) is 18.5 Å². The quantitative estimate of drug-likeness (QED) is 0.765. The summed E-state index contributed by atoms with van der Waals surface area (Å²) in [4.78, 5) is 13.3. The van der Waals surface area contributed by atoms with E-state index in [0.29, 0.717) is 17.3 Å². The van der Waals surface area contributed by atoms with Crippen LogP contribution in [-0.4, -0.2) is 51.0 Å². The minimum absolute atomic E-state index is 0.157. The molecule has 0 aromatic carbocycles. The number of methoxy groups -OCH3 is 1. The summed E-state index contributed by atoms with van der Waals surface area (Å²) < 4.78 is 13.2. The van der Waals surface area contributed by atoms with Crippen molar-refractivity contribution in [3.63, 3.8) is 0 Å². The van der Waals surface area contributed by atoms with Crippen molar-refractivity contribution in [1.82, 2.24) is 30.0 Å². The second kappa shape index (κ2) is 6.87. The summed E-state index contributed by atoms with van der Waals surface area (Å²) in [5, 5.41) is 7.97. The van der Waals surface area contributed by atoms with Crippen molar-refractivity contribution in [2.24, 2.45) is 7.05 Å². The largest absolute Gasteiger partial charge is 0.481 e. The van der Waals surface area contributed by atoms with E-state index < -0.39 is 0 Å². The number of aromatic nitrogens is 5. The van der Waals surface area contributed by atoms with E-state index in [1.165, 1.54) is 6.33 Å². The number of hydrogen-bond acceptors (Lipinski definition) is 7. The highest BCUT2D eigenvalue weighted by Crippen LogP contribution is 2.33. The van der Waals surface area contributed by atoms with Gasteiger partial charge in [0.25, 0.3) is 0 Å². The first kappa shape index (κ1) is 16.7. The lowest BCUT2D eigenvalue weighted by molar-refractivity contribution is 0.157. The van der Waals surface area contributed by atoms with E-state index in [4.69, 9.17) is 9.47 Å². The van der Waals surface area contributed by atoms with Gasteiger partial charge in [-0.25, -0.2) is 9.97 Å². The Balaban J connectivity index is 1.77. The summed E-state index contributed by atoms with van der Waals surface area (Å²) >= 11 is 0. The summed E-state index contributed by atoms with van der Waals surface area (Å²) in [7, 11) is 3.51. The highest BCUT2D eigenvalue weighted by Gasteiger charge is 2.22. The predicted molar refractivity (Wildman–Crippen MR) is 97.3 cm³/mol. The normalized spacial score (nSPS) is 15.3. The van der Waals surface area contributed by atoms with Crippen LogP contribution in [0.5, 0.6) is 11.8 Å². The van der Waals surface area contributed by atoms with Gasteiger partial charge in [-0.3, -0.25) is 4.68 Å². The average Bonchev–Trinajstić information content (AvgIpc) is 2.99. The van der Waals surface area contributed by atoms with E-state index in [2.05, 4.69) is 25.4 Å². The Bertz CT molecular complexity index is 933. The number of rotatable bonds is 4. The van der Waals surface area contributed by atoms with Crippen molar-refractivity contribution >= 4 is 11.0 Å². The summed E-state index contributed by atoms with van der Waals surface area (Å²) in [5.74, 6) is 1.13. The Labute approximate surface area is 151 Å². The molecular formula is C18H22N6O2. The van der Waals surface area contributed by atoms with Crippen molar-refractivity contribution in [3.05, 3.63) is 24.2 Å². The molecule has 4 rings (SSSR count). The fourth-order valence-corrected chi connectivity index (χ4v) is 3.34. The van der Waals surface area contributed by atoms with Crippen LogP contribution in [0.25, 0.3) is 22.3 Å². The zero-order valence-corrected chi connectivity index (χ0v) is 15.2. The maximum atomic E-state index is 6.14. The molecule has 0 amide bonds. The molecule has 1 fully saturated rings. The Morgan fingerprint density at radius 1 is 1.15 bits per heavy atom. The van der Waals surface area contributed by atoms with Gasteiger partial charge in [0.15, 0.2) is 5.52 Å². The van der Waals surface area contributed by atoms with E-state index in [0.717, 1.165) is 48.4 Å². The van der Waals surface area contributed by atoms with Crippen LogP contribution in [0.2, 0.25) is 0 Å². The third-order valence-corrected chi connectivity index (χ3v) is 4.68. The van der Waals surface area contributed by atoms with Gasteiger partial charge in [-0.2, -0.15) is 10.1 Å². The number of piperidine rings is 1. The molecule has 8 nitrogen and oxygen atoms in total. The highest BCUT2D eigenvalue weighted by atomic mass is 16.5. The topological polar surface area (TPSA) is 87.0 Å². The second-order valence-corrected chi connectivity index (χ2v) is 6.40. The van der Waals surface area contributed by atoms with Crippen LogP contribution in [0.1, 0.15) is 18.5 Å². The van der Waals surface area contributed by atoms with Crippen molar-refractivity contribution in [3.8, 4) is 23.0 Å². The van der Waals surface area contributed by atoms with Gasteiger partial charge in [0.1, 0.15) is 17.9 Å². The van der Waals surface area contributed by atoms with E-state index in [-0.39, 0.29) is 6.10 Å². The first-order valence-corrected chi connectivity index (χ1v) is 8.74. The van der Waals surface area contributed by atoms with E-state index >= 15 is 0 Å². The van der Waals surface area contributed by atoms with E-state index in [9.17, 15) is 0 Å². The molecule has 1 aliphatic rings.